The van der Waals surface area contributed by atoms with E-state index in [-0.39, 0.29) is 0 Å². The molecule has 4 nitrogen and oxygen atoms in total. The van der Waals surface area contributed by atoms with Gasteiger partial charge < -0.3 is 10.6 Å². The summed E-state index contributed by atoms with van der Waals surface area (Å²) in [6, 6.07) is 16.5. The molecule has 0 saturated heterocycles. The predicted octanol–water partition coefficient (Wildman–Crippen LogP) is 4.50. The molecule has 3 aromatic rings. The van der Waals surface area contributed by atoms with Gasteiger partial charge in [-0.1, -0.05) is 29.8 Å². The van der Waals surface area contributed by atoms with Crippen molar-refractivity contribution < 1.29 is 0 Å². The minimum atomic E-state index is 0.311. The Morgan fingerprint density at radius 3 is 2.36 bits per heavy atom. The molecule has 4 heteroatoms. The summed E-state index contributed by atoms with van der Waals surface area (Å²) in [6.45, 7) is 6.27. The fraction of sp³-hybridized carbons (Fsp3) is 0.222. The van der Waals surface area contributed by atoms with Crippen LogP contribution < -0.4 is 10.6 Å². The Morgan fingerprint density at radius 2 is 1.64 bits per heavy atom. The van der Waals surface area contributed by atoms with Gasteiger partial charge in [0.15, 0.2) is 0 Å². The first-order valence-corrected chi connectivity index (χ1v) is 7.49. The van der Waals surface area contributed by atoms with E-state index in [0.717, 1.165) is 22.4 Å². The Morgan fingerprint density at radius 1 is 0.909 bits per heavy atom. The highest BCUT2D eigenvalue weighted by atomic mass is 15.1. The Labute approximate surface area is 130 Å². The van der Waals surface area contributed by atoms with Gasteiger partial charge in [-0.15, -0.1) is 0 Å². The molecule has 1 heterocycles. The van der Waals surface area contributed by atoms with Gasteiger partial charge in [0, 0.05) is 17.1 Å². The van der Waals surface area contributed by atoms with Crippen molar-refractivity contribution in [1.29, 1.82) is 0 Å². The number of aromatic nitrogens is 2. The molecule has 0 fully saturated rings. The number of anilines is 3. The second-order valence-corrected chi connectivity index (χ2v) is 5.70. The predicted molar refractivity (Wildman–Crippen MR) is 92.8 cm³/mol. The van der Waals surface area contributed by atoms with Crippen LogP contribution in [0.5, 0.6) is 0 Å². The summed E-state index contributed by atoms with van der Waals surface area (Å²) in [5.41, 5.74) is 3.14. The Bertz CT molecular complexity index is 779. The fourth-order valence-electron chi connectivity index (χ4n) is 2.28. The third-order valence-corrected chi connectivity index (χ3v) is 3.34. The average Bonchev–Trinajstić information content (AvgIpc) is 2.49. The second kappa shape index (κ2) is 6.02. The number of rotatable bonds is 4. The van der Waals surface area contributed by atoms with Crippen LogP contribution in [0, 0.1) is 6.92 Å². The molecular formula is C18H20N4. The molecule has 22 heavy (non-hydrogen) atoms. The van der Waals surface area contributed by atoms with Crippen LogP contribution >= 0.6 is 0 Å². The highest BCUT2D eigenvalue weighted by Crippen LogP contribution is 2.24. The van der Waals surface area contributed by atoms with Crippen molar-refractivity contribution in [1.82, 2.24) is 9.97 Å². The van der Waals surface area contributed by atoms with Crippen molar-refractivity contribution in [3.05, 3.63) is 54.1 Å². The molecule has 0 aliphatic heterocycles. The van der Waals surface area contributed by atoms with Crippen LogP contribution in [0.15, 0.2) is 48.5 Å². The lowest BCUT2D eigenvalue weighted by atomic mass is 10.2. The topological polar surface area (TPSA) is 49.8 Å². The minimum Gasteiger partial charge on any atom is -0.367 e. The lowest BCUT2D eigenvalue weighted by molar-refractivity contribution is 0.891. The number of fused-ring (bicyclic) bond motifs is 1. The van der Waals surface area contributed by atoms with E-state index in [0.29, 0.717) is 12.0 Å². The Hall–Kier alpha value is -2.62. The lowest BCUT2D eigenvalue weighted by Gasteiger charge is -2.14. The molecule has 0 spiro atoms. The van der Waals surface area contributed by atoms with E-state index in [2.05, 4.69) is 53.5 Å². The molecule has 0 saturated carbocycles. The van der Waals surface area contributed by atoms with E-state index >= 15 is 0 Å². The van der Waals surface area contributed by atoms with E-state index in [1.807, 2.05) is 36.4 Å². The minimum absolute atomic E-state index is 0.311. The van der Waals surface area contributed by atoms with Crippen molar-refractivity contribution in [2.24, 2.45) is 0 Å². The molecule has 1 aromatic heterocycles. The van der Waals surface area contributed by atoms with Gasteiger partial charge in [0.05, 0.1) is 5.52 Å². The van der Waals surface area contributed by atoms with Gasteiger partial charge in [-0.2, -0.15) is 4.98 Å². The summed E-state index contributed by atoms with van der Waals surface area (Å²) >= 11 is 0. The van der Waals surface area contributed by atoms with Crippen molar-refractivity contribution >= 4 is 28.4 Å². The molecule has 0 aliphatic rings. The van der Waals surface area contributed by atoms with E-state index in [4.69, 9.17) is 0 Å². The van der Waals surface area contributed by atoms with Crippen LogP contribution in [0.3, 0.4) is 0 Å². The van der Waals surface area contributed by atoms with Gasteiger partial charge in [-0.05, 0) is 45.0 Å². The highest BCUT2D eigenvalue weighted by Gasteiger charge is 2.08. The number of benzene rings is 2. The monoisotopic (exact) mass is 292 g/mol. The fourth-order valence-corrected chi connectivity index (χ4v) is 2.28. The molecule has 2 aromatic carbocycles. The quantitative estimate of drug-likeness (QED) is 0.743. The summed E-state index contributed by atoms with van der Waals surface area (Å²) < 4.78 is 0. The molecule has 2 N–H and O–H groups in total. The van der Waals surface area contributed by atoms with Gasteiger partial charge in [-0.3, -0.25) is 0 Å². The van der Waals surface area contributed by atoms with E-state index in [9.17, 15) is 0 Å². The number of nitrogens with zero attached hydrogens (tertiary/aromatic N) is 2. The smallest absolute Gasteiger partial charge is 0.229 e. The number of hydrogen-bond acceptors (Lipinski definition) is 4. The molecule has 0 amide bonds. The summed E-state index contributed by atoms with van der Waals surface area (Å²) in [4.78, 5) is 9.22. The van der Waals surface area contributed by atoms with Crippen molar-refractivity contribution in [3.8, 4) is 0 Å². The second-order valence-electron chi connectivity index (χ2n) is 5.70. The summed E-state index contributed by atoms with van der Waals surface area (Å²) in [5.74, 6) is 1.46. The van der Waals surface area contributed by atoms with Crippen molar-refractivity contribution in [3.63, 3.8) is 0 Å². The summed E-state index contributed by atoms with van der Waals surface area (Å²) in [7, 11) is 0. The van der Waals surface area contributed by atoms with Gasteiger partial charge in [0.1, 0.15) is 5.82 Å². The molecule has 0 bridgehead atoms. The van der Waals surface area contributed by atoms with Gasteiger partial charge >= 0.3 is 0 Å². The van der Waals surface area contributed by atoms with E-state index < -0.39 is 0 Å². The summed E-state index contributed by atoms with van der Waals surface area (Å²) in [6.07, 6.45) is 0. The first kappa shape index (κ1) is 14.3. The number of para-hydroxylation sites is 1. The van der Waals surface area contributed by atoms with Crippen LogP contribution in [-0.2, 0) is 0 Å². The van der Waals surface area contributed by atoms with Crippen LogP contribution in [0.2, 0.25) is 0 Å². The van der Waals surface area contributed by atoms with Crippen LogP contribution in [0.1, 0.15) is 19.4 Å². The molecule has 112 valence electrons. The van der Waals surface area contributed by atoms with Crippen LogP contribution in [0.4, 0.5) is 17.5 Å². The summed E-state index contributed by atoms with van der Waals surface area (Å²) in [5, 5.41) is 7.70. The Balaban J connectivity index is 2.00. The third-order valence-electron chi connectivity index (χ3n) is 3.34. The van der Waals surface area contributed by atoms with Crippen LogP contribution in [0.25, 0.3) is 10.9 Å². The van der Waals surface area contributed by atoms with Crippen molar-refractivity contribution in [2.45, 2.75) is 26.8 Å². The molecule has 3 rings (SSSR count). The molecule has 0 aliphatic carbocycles. The SMILES string of the molecule is Cc1ccc(Nc2nc(NC(C)C)c3ccccc3n2)cc1. The third kappa shape index (κ3) is 3.17. The average molecular weight is 292 g/mol. The largest absolute Gasteiger partial charge is 0.367 e. The normalized spacial score (nSPS) is 10.9. The van der Waals surface area contributed by atoms with E-state index in [1.165, 1.54) is 5.56 Å². The zero-order chi connectivity index (χ0) is 15.5. The van der Waals surface area contributed by atoms with Crippen molar-refractivity contribution in [2.75, 3.05) is 10.6 Å². The first-order valence-electron chi connectivity index (χ1n) is 7.49. The number of nitrogens with one attached hydrogen (secondary N) is 2. The first-order chi connectivity index (χ1) is 10.6. The highest BCUT2D eigenvalue weighted by molar-refractivity contribution is 5.90. The maximum absolute atomic E-state index is 4.63. The van der Waals surface area contributed by atoms with Gasteiger partial charge in [0.2, 0.25) is 5.95 Å². The zero-order valence-electron chi connectivity index (χ0n) is 13.1. The number of hydrogen-bond donors (Lipinski definition) is 2. The van der Waals surface area contributed by atoms with Gasteiger partial charge in [-0.25, -0.2) is 4.98 Å². The standard InChI is InChI=1S/C18H20N4/c1-12(2)19-17-15-6-4-5-7-16(15)21-18(22-17)20-14-10-8-13(3)9-11-14/h4-12H,1-3H3,(H2,19,20,21,22). The maximum atomic E-state index is 4.63. The maximum Gasteiger partial charge on any atom is 0.229 e. The molecular weight excluding hydrogens is 272 g/mol. The molecule has 0 unspecified atom stereocenters. The van der Waals surface area contributed by atoms with Crippen LogP contribution in [-0.4, -0.2) is 16.0 Å². The zero-order valence-corrected chi connectivity index (χ0v) is 13.1. The lowest BCUT2D eigenvalue weighted by Crippen LogP contribution is -2.12. The van der Waals surface area contributed by atoms with E-state index in [1.54, 1.807) is 0 Å². The van der Waals surface area contributed by atoms with Gasteiger partial charge in [0.25, 0.3) is 0 Å². The molecule has 0 atom stereocenters. The number of aryl methyl sites for hydroxylation is 1. The molecule has 0 radical (unpaired) electrons. The Kier molecular flexibility index (Phi) is 3.92.